The van der Waals surface area contributed by atoms with Crippen LogP contribution in [0, 0.1) is 0 Å². The van der Waals surface area contributed by atoms with Gasteiger partial charge in [-0.05, 0) is 22.4 Å². The summed E-state index contributed by atoms with van der Waals surface area (Å²) in [5.74, 6) is -0.365. The molecule has 1 aromatic heterocycles. The summed E-state index contributed by atoms with van der Waals surface area (Å²) < 4.78 is 37.9. The lowest BCUT2D eigenvalue weighted by Gasteiger charge is -2.03. The molecule has 0 bridgehead atoms. The summed E-state index contributed by atoms with van der Waals surface area (Å²) in [5.41, 5.74) is -0.888. The third-order valence-corrected chi connectivity index (χ3v) is 2.49. The molecular formula is C9H11BrF3N3O. The molecule has 0 saturated heterocycles. The Morgan fingerprint density at radius 2 is 2.24 bits per heavy atom. The highest BCUT2D eigenvalue weighted by Gasteiger charge is 2.35. The smallest absolute Gasteiger partial charge is 0.355 e. The Labute approximate surface area is 104 Å². The van der Waals surface area contributed by atoms with E-state index in [4.69, 9.17) is 0 Å². The molecule has 0 aliphatic carbocycles. The van der Waals surface area contributed by atoms with Crippen LogP contribution >= 0.6 is 15.9 Å². The van der Waals surface area contributed by atoms with Crippen LogP contribution in [0.4, 0.5) is 13.2 Å². The maximum atomic E-state index is 12.4. The second-order valence-electron chi connectivity index (χ2n) is 3.38. The SMILES string of the molecule is CCCNC(=O)Cn1cc(C(F)(F)F)c(Br)n1. The number of hydrogen-bond donors (Lipinski definition) is 1. The Morgan fingerprint density at radius 1 is 1.59 bits per heavy atom. The average Bonchev–Trinajstić information content (AvgIpc) is 2.56. The summed E-state index contributed by atoms with van der Waals surface area (Å²) in [5, 5.41) is 6.13. The van der Waals surface area contributed by atoms with E-state index in [9.17, 15) is 18.0 Å². The lowest BCUT2D eigenvalue weighted by atomic mass is 10.3. The number of alkyl halides is 3. The molecule has 0 fully saturated rings. The van der Waals surface area contributed by atoms with Gasteiger partial charge in [0.2, 0.25) is 5.91 Å². The lowest BCUT2D eigenvalue weighted by molar-refractivity contribution is -0.138. The van der Waals surface area contributed by atoms with Crippen molar-refractivity contribution in [3.05, 3.63) is 16.4 Å². The first kappa shape index (κ1) is 14.0. The fraction of sp³-hybridized carbons (Fsp3) is 0.556. The summed E-state index contributed by atoms with van der Waals surface area (Å²) in [6.07, 6.45) is -2.91. The second kappa shape index (κ2) is 5.52. The van der Waals surface area contributed by atoms with E-state index in [1.807, 2.05) is 6.92 Å². The summed E-state index contributed by atoms with van der Waals surface area (Å²) in [7, 11) is 0. The first-order valence-electron chi connectivity index (χ1n) is 4.91. The molecule has 0 spiro atoms. The molecule has 1 heterocycles. The van der Waals surface area contributed by atoms with Crippen molar-refractivity contribution in [1.29, 1.82) is 0 Å². The number of amides is 1. The van der Waals surface area contributed by atoms with Crippen LogP contribution in [0.1, 0.15) is 18.9 Å². The van der Waals surface area contributed by atoms with E-state index < -0.39 is 11.7 Å². The average molecular weight is 314 g/mol. The minimum absolute atomic E-state index is 0.228. The van der Waals surface area contributed by atoms with Gasteiger partial charge in [0.15, 0.2) is 0 Å². The van der Waals surface area contributed by atoms with Crippen LogP contribution in [0.5, 0.6) is 0 Å². The van der Waals surface area contributed by atoms with E-state index in [0.29, 0.717) is 6.54 Å². The molecule has 1 rings (SSSR count). The van der Waals surface area contributed by atoms with Gasteiger partial charge < -0.3 is 5.32 Å². The molecular weight excluding hydrogens is 303 g/mol. The number of carbonyl (C=O) groups is 1. The molecule has 0 aliphatic rings. The largest absolute Gasteiger partial charge is 0.420 e. The zero-order chi connectivity index (χ0) is 13.1. The second-order valence-corrected chi connectivity index (χ2v) is 4.13. The van der Waals surface area contributed by atoms with Gasteiger partial charge in [0, 0.05) is 12.7 Å². The van der Waals surface area contributed by atoms with Crippen LogP contribution in [0.25, 0.3) is 0 Å². The minimum atomic E-state index is -4.48. The van der Waals surface area contributed by atoms with Crippen LogP contribution in [-0.4, -0.2) is 22.2 Å². The summed E-state index contributed by atoms with van der Waals surface area (Å²) >= 11 is 2.71. The van der Waals surface area contributed by atoms with Gasteiger partial charge in [0.25, 0.3) is 0 Å². The van der Waals surface area contributed by atoms with Gasteiger partial charge in [0.1, 0.15) is 16.7 Å². The Kier molecular flexibility index (Phi) is 4.55. The van der Waals surface area contributed by atoms with Crippen molar-refractivity contribution < 1.29 is 18.0 Å². The van der Waals surface area contributed by atoms with Gasteiger partial charge in [-0.2, -0.15) is 18.3 Å². The van der Waals surface area contributed by atoms with Crippen LogP contribution in [0.15, 0.2) is 10.8 Å². The monoisotopic (exact) mass is 313 g/mol. The van der Waals surface area contributed by atoms with E-state index in [2.05, 4.69) is 26.3 Å². The van der Waals surface area contributed by atoms with Gasteiger partial charge in [-0.3, -0.25) is 9.48 Å². The molecule has 96 valence electrons. The molecule has 0 atom stereocenters. The van der Waals surface area contributed by atoms with E-state index >= 15 is 0 Å². The minimum Gasteiger partial charge on any atom is -0.355 e. The summed E-state index contributed by atoms with van der Waals surface area (Å²) in [6, 6.07) is 0. The molecule has 4 nitrogen and oxygen atoms in total. The number of halogens is 4. The van der Waals surface area contributed by atoms with E-state index in [1.54, 1.807) is 0 Å². The van der Waals surface area contributed by atoms with Crippen LogP contribution in [-0.2, 0) is 17.5 Å². The molecule has 17 heavy (non-hydrogen) atoms. The lowest BCUT2D eigenvalue weighted by Crippen LogP contribution is -2.28. The fourth-order valence-corrected chi connectivity index (χ4v) is 1.67. The normalized spacial score (nSPS) is 11.6. The Balaban J connectivity index is 2.71. The van der Waals surface area contributed by atoms with Crippen molar-refractivity contribution in [3.63, 3.8) is 0 Å². The highest BCUT2D eigenvalue weighted by molar-refractivity contribution is 9.10. The van der Waals surface area contributed by atoms with Crippen LogP contribution < -0.4 is 5.32 Å². The Hall–Kier alpha value is -1.05. The number of hydrogen-bond acceptors (Lipinski definition) is 2. The molecule has 1 amide bonds. The Morgan fingerprint density at radius 3 is 2.71 bits per heavy atom. The van der Waals surface area contributed by atoms with Gasteiger partial charge in [-0.15, -0.1) is 0 Å². The molecule has 0 aliphatic heterocycles. The summed E-state index contributed by atoms with van der Waals surface area (Å²) in [6.45, 7) is 2.15. The third kappa shape index (κ3) is 4.03. The zero-order valence-corrected chi connectivity index (χ0v) is 10.6. The first-order chi connectivity index (χ1) is 7.84. The van der Waals surface area contributed by atoms with Crippen molar-refractivity contribution >= 4 is 21.8 Å². The molecule has 1 N–H and O–H groups in total. The van der Waals surface area contributed by atoms with E-state index in [0.717, 1.165) is 17.3 Å². The zero-order valence-electron chi connectivity index (χ0n) is 9.01. The maximum absolute atomic E-state index is 12.4. The fourth-order valence-electron chi connectivity index (χ4n) is 1.14. The topological polar surface area (TPSA) is 46.9 Å². The van der Waals surface area contributed by atoms with Gasteiger partial charge >= 0.3 is 6.18 Å². The van der Waals surface area contributed by atoms with E-state index in [-0.39, 0.29) is 17.1 Å². The molecule has 1 aromatic rings. The van der Waals surface area contributed by atoms with Crippen molar-refractivity contribution in [2.24, 2.45) is 0 Å². The van der Waals surface area contributed by atoms with Crippen molar-refractivity contribution in [2.75, 3.05) is 6.54 Å². The maximum Gasteiger partial charge on any atom is 0.420 e. The number of carbonyl (C=O) groups excluding carboxylic acids is 1. The molecule has 0 unspecified atom stereocenters. The van der Waals surface area contributed by atoms with Crippen molar-refractivity contribution in [1.82, 2.24) is 15.1 Å². The van der Waals surface area contributed by atoms with Crippen molar-refractivity contribution in [3.8, 4) is 0 Å². The number of nitrogens with zero attached hydrogens (tertiary/aromatic N) is 2. The first-order valence-corrected chi connectivity index (χ1v) is 5.70. The Bertz CT molecular complexity index is 403. The number of aromatic nitrogens is 2. The quantitative estimate of drug-likeness (QED) is 0.926. The molecule has 0 radical (unpaired) electrons. The molecule has 0 aromatic carbocycles. The number of nitrogens with one attached hydrogen (secondary N) is 1. The van der Waals surface area contributed by atoms with Crippen LogP contribution in [0.2, 0.25) is 0 Å². The van der Waals surface area contributed by atoms with Crippen LogP contribution in [0.3, 0.4) is 0 Å². The predicted octanol–water partition coefficient (Wildman–Crippen LogP) is 2.19. The predicted molar refractivity (Wildman–Crippen MR) is 58.2 cm³/mol. The van der Waals surface area contributed by atoms with Gasteiger partial charge in [0.05, 0.1) is 0 Å². The molecule has 8 heteroatoms. The highest BCUT2D eigenvalue weighted by Crippen LogP contribution is 2.33. The highest BCUT2D eigenvalue weighted by atomic mass is 79.9. The number of rotatable bonds is 4. The summed E-state index contributed by atoms with van der Waals surface area (Å²) in [4.78, 5) is 11.3. The third-order valence-electron chi connectivity index (χ3n) is 1.90. The van der Waals surface area contributed by atoms with Gasteiger partial charge in [-0.25, -0.2) is 0 Å². The van der Waals surface area contributed by atoms with Gasteiger partial charge in [-0.1, -0.05) is 6.92 Å². The standard InChI is InChI=1S/C9H11BrF3N3O/c1-2-3-14-7(17)5-16-4-6(8(10)15-16)9(11,12)13/h4H,2-3,5H2,1H3,(H,14,17). The molecule has 0 saturated carbocycles. The van der Waals surface area contributed by atoms with Crippen molar-refractivity contribution in [2.45, 2.75) is 26.1 Å². The van der Waals surface area contributed by atoms with E-state index in [1.165, 1.54) is 0 Å².